The summed E-state index contributed by atoms with van der Waals surface area (Å²) in [6.07, 6.45) is 4.77. The lowest BCUT2D eigenvalue weighted by molar-refractivity contribution is 0.145. The molecule has 6 heteroatoms. The van der Waals surface area contributed by atoms with Gasteiger partial charge in [0.1, 0.15) is 0 Å². The first-order valence-electron chi connectivity index (χ1n) is 7.26. The van der Waals surface area contributed by atoms with Crippen molar-refractivity contribution in [1.29, 1.82) is 0 Å². The molecule has 1 rings (SSSR count). The Bertz CT molecular complexity index is 364. The van der Waals surface area contributed by atoms with Crippen LogP contribution in [0.2, 0.25) is 0 Å². The lowest BCUT2D eigenvalue weighted by atomic mass is 10.2. The van der Waals surface area contributed by atoms with Gasteiger partial charge in [0.25, 0.3) is 0 Å². The van der Waals surface area contributed by atoms with Gasteiger partial charge in [-0.2, -0.15) is 5.10 Å². The fourth-order valence-corrected chi connectivity index (χ4v) is 1.81. The smallest absolute Gasteiger partial charge is 0.190 e. The minimum Gasteiger partial charge on any atom is -0.382 e. The number of nitrogens with zero attached hydrogens (tertiary/aromatic N) is 3. The van der Waals surface area contributed by atoms with Gasteiger partial charge in [0.15, 0.2) is 5.96 Å². The minimum absolute atomic E-state index is 0.483. The van der Waals surface area contributed by atoms with Crippen LogP contribution in [0.25, 0.3) is 0 Å². The largest absolute Gasteiger partial charge is 0.382 e. The highest BCUT2D eigenvalue weighted by Crippen LogP contribution is 1.97. The predicted octanol–water partition coefficient (Wildman–Crippen LogP) is 1.11. The van der Waals surface area contributed by atoms with Crippen LogP contribution in [0.1, 0.15) is 20.3 Å². The van der Waals surface area contributed by atoms with E-state index in [4.69, 9.17) is 4.74 Å². The van der Waals surface area contributed by atoms with Crippen molar-refractivity contribution in [2.75, 3.05) is 33.4 Å². The van der Waals surface area contributed by atoms with E-state index in [9.17, 15) is 0 Å². The van der Waals surface area contributed by atoms with E-state index in [0.717, 1.165) is 45.2 Å². The molecule has 20 heavy (non-hydrogen) atoms. The van der Waals surface area contributed by atoms with Crippen molar-refractivity contribution in [1.82, 2.24) is 20.4 Å². The standard InChI is InChI=1S/C14H27N5O/c1-4-20-10-6-7-16-14(15-3)17-11-13(2)12-19-9-5-8-18-19/h5,8-9,13H,4,6-7,10-12H2,1-3H3,(H2,15,16,17). The molecule has 0 amide bonds. The Morgan fingerprint density at radius 1 is 1.45 bits per heavy atom. The van der Waals surface area contributed by atoms with E-state index in [0.29, 0.717) is 5.92 Å². The molecule has 2 N–H and O–H groups in total. The molecule has 0 saturated heterocycles. The molecule has 1 aromatic rings. The van der Waals surface area contributed by atoms with E-state index in [1.54, 1.807) is 13.2 Å². The van der Waals surface area contributed by atoms with Gasteiger partial charge in [-0.3, -0.25) is 9.67 Å². The molecule has 1 atom stereocenters. The lowest BCUT2D eigenvalue weighted by Crippen LogP contribution is -2.40. The van der Waals surface area contributed by atoms with Crippen LogP contribution in [-0.4, -0.2) is 49.1 Å². The highest BCUT2D eigenvalue weighted by Gasteiger charge is 2.04. The van der Waals surface area contributed by atoms with Gasteiger partial charge >= 0.3 is 0 Å². The van der Waals surface area contributed by atoms with Crippen molar-refractivity contribution in [2.24, 2.45) is 10.9 Å². The second-order valence-corrected chi connectivity index (χ2v) is 4.76. The van der Waals surface area contributed by atoms with Crippen LogP contribution in [0.5, 0.6) is 0 Å². The van der Waals surface area contributed by atoms with Crippen LogP contribution in [0.4, 0.5) is 0 Å². The zero-order valence-electron chi connectivity index (χ0n) is 12.8. The Labute approximate surface area is 121 Å². The first kappa shape index (κ1) is 16.5. The molecule has 1 unspecified atom stereocenters. The number of nitrogens with one attached hydrogen (secondary N) is 2. The molecule has 114 valence electrons. The summed E-state index contributed by atoms with van der Waals surface area (Å²) in [7, 11) is 1.79. The van der Waals surface area contributed by atoms with E-state index in [-0.39, 0.29) is 0 Å². The van der Waals surface area contributed by atoms with Crippen LogP contribution in [0.3, 0.4) is 0 Å². The fraction of sp³-hybridized carbons (Fsp3) is 0.714. The number of ether oxygens (including phenoxy) is 1. The maximum atomic E-state index is 5.30. The van der Waals surface area contributed by atoms with Crippen LogP contribution in [0, 0.1) is 5.92 Å². The average molecular weight is 281 g/mol. The summed E-state index contributed by atoms with van der Waals surface area (Å²) in [4.78, 5) is 4.21. The number of rotatable bonds is 9. The van der Waals surface area contributed by atoms with Crippen molar-refractivity contribution in [3.8, 4) is 0 Å². The van der Waals surface area contributed by atoms with E-state index < -0.39 is 0 Å². The van der Waals surface area contributed by atoms with Crippen molar-refractivity contribution in [3.63, 3.8) is 0 Å². The molecule has 0 aliphatic rings. The van der Waals surface area contributed by atoms with Crippen LogP contribution in [0.15, 0.2) is 23.5 Å². The molecular formula is C14H27N5O. The van der Waals surface area contributed by atoms with Crippen molar-refractivity contribution >= 4 is 5.96 Å². The van der Waals surface area contributed by atoms with Crippen LogP contribution >= 0.6 is 0 Å². The predicted molar refractivity (Wildman–Crippen MR) is 81.9 cm³/mol. The molecule has 0 saturated carbocycles. The SMILES string of the molecule is CCOCCCNC(=NC)NCC(C)Cn1cccn1. The monoisotopic (exact) mass is 281 g/mol. The van der Waals surface area contributed by atoms with Crippen LogP contribution < -0.4 is 10.6 Å². The first-order valence-corrected chi connectivity index (χ1v) is 7.26. The highest BCUT2D eigenvalue weighted by atomic mass is 16.5. The molecule has 6 nitrogen and oxygen atoms in total. The number of aromatic nitrogens is 2. The van der Waals surface area contributed by atoms with Gasteiger partial charge in [-0.25, -0.2) is 0 Å². The number of hydrogen-bond acceptors (Lipinski definition) is 3. The molecular weight excluding hydrogens is 254 g/mol. The van der Waals surface area contributed by atoms with E-state index in [1.165, 1.54) is 0 Å². The minimum atomic E-state index is 0.483. The Hall–Kier alpha value is -1.56. The van der Waals surface area contributed by atoms with E-state index in [2.05, 4.69) is 27.6 Å². The summed E-state index contributed by atoms with van der Waals surface area (Å²) in [6, 6.07) is 1.94. The molecule has 0 aliphatic carbocycles. The van der Waals surface area contributed by atoms with Crippen molar-refractivity contribution in [2.45, 2.75) is 26.8 Å². The van der Waals surface area contributed by atoms with Crippen molar-refractivity contribution < 1.29 is 4.74 Å². The second kappa shape index (κ2) is 10.3. The van der Waals surface area contributed by atoms with Gasteiger partial charge in [0.2, 0.25) is 0 Å². The van der Waals surface area contributed by atoms with Gasteiger partial charge in [-0.1, -0.05) is 6.92 Å². The van der Waals surface area contributed by atoms with Gasteiger partial charge in [0, 0.05) is 52.3 Å². The number of hydrogen-bond donors (Lipinski definition) is 2. The fourth-order valence-electron chi connectivity index (χ4n) is 1.81. The first-order chi connectivity index (χ1) is 9.76. The van der Waals surface area contributed by atoms with E-state index >= 15 is 0 Å². The zero-order valence-corrected chi connectivity index (χ0v) is 12.8. The Morgan fingerprint density at radius 3 is 2.95 bits per heavy atom. The third-order valence-corrected chi connectivity index (χ3v) is 2.86. The number of guanidine groups is 1. The summed E-state index contributed by atoms with van der Waals surface area (Å²) < 4.78 is 7.24. The zero-order chi connectivity index (χ0) is 14.6. The maximum Gasteiger partial charge on any atom is 0.190 e. The highest BCUT2D eigenvalue weighted by molar-refractivity contribution is 5.79. The van der Waals surface area contributed by atoms with E-state index in [1.807, 2.05) is 23.9 Å². The molecule has 0 aliphatic heterocycles. The van der Waals surface area contributed by atoms with Gasteiger partial charge in [-0.15, -0.1) is 0 Å². The third-order valence-electron chi connectivity index (χ3n) is 2.86. The normalized spacial score (nSPS) is 13.2. The average Bonchev–Trinajstić information content (AvgIpc) is 2.94. The summed E-state index contributed by atoms with van der Waals surface area (Å²) in [5, 5.41) is 10.8. The molecule has 0 radical (unpaired) electrons. The third kappa shape index (κ3) is 7.13. The summed E-state index contributed by atoms with van der Waals surface area (Å²) in [5.74, 6) is 1.32. The molecule has 0 aromatic carbocycles. The topological polar surface area (TPSA) is 63.5 Å². The van der Waals surface area contributed by atoms with Gasteiger partial charge in [0.05, 0.1) is 0 Å². The molecule has 1 heterocycles. The summed E-state index contributed by atoms with van der Waals surface area (Å²) in [6.45, 7) is 8.40. The number of aliphatic imine (C=N–C) groups is 1. The Kier molecular flexibility index (Phi) is 8.46. The maximum absolute atomic E-state index is 5.30. The Balaban J connectivity index is 2.14. The molecule has 0 fully saturated rings. The van der Waals surface area contributed by atoms with Gasteiger partial charge in [-0.05, 0) is 25.3 Å². The Morgan fingerprint density at radius 2 is 2.30 bits per heavy atom. The molecule has 0 spiro atoms. The lowest BCUT2D eigenvalue weighted by Gasteiger charge is -2.16. The quantitative estimate of drug-likeness (QED) is 0.404. The van der Waals surface area contributed by atoms with Gasteiger partial charge < -0.3 is 15.4 Å². The molecule has 1 aromatic heterocycles. The van der Waals surface area contributed by atoms with Crippen LogP contribution in [-0.2, 0) is 11.3 Å². The van der Waals surface area contributed by atoms with Crippen molar-refractivity contribution in [3.05, 3.63) is 18.5 Å². The molecule has 0 bridgehead atoms. The summed E-state index contributed by atoms with van der Waals surface area (Å²) in [5.41, 5.74) is 0. The summed E-state index contributed by atoms with van der Waals surface area (Å²) >= 11 is 0. The second-order valence-electron chi connectivity index (χ2n) is 4.76.